The molecule has 0 N–H and O–H groups in total. The molecule has 0 saturated heterocycles. The van der Waals surface area contributed by atoms with Crippen LogP contribution in [0.15, 0.2) is 73.1 Å². The molecule has 0 saturated carbocycles. The van der Waals surface area contributed by atoms with Crippen LogP contribution < -0.4 is 4.84 Å². The molecule has 0 fully saturated rings. The van der Waals surface area contributed by atoms with E-state index >= 15 is 0 Å². The number of nitrogens with zero attached hydrogens (tertiary/aromatic N) is 2. The molecule has 0 amide bonds. The molecular formula is C23H17ClN2O3. The first-order valence-corrected chi connectivity index (χ1v) is 9.52. The fourth-order valence-electron chi connectivity index (χ4n) is 3.07. The summed E-state index contributed by atoms with van der Waals surface area (Å²) in [7, 11) is 0. The van der Waals surface area contributed by atoms with Crippen LogP contribution in [0.25, 0.3) is 22.0 Å². The van der Waals surface area contributed by atoms with Gasteiger partial charge in [0, 0.05) is 34.8 Å². The Hall–Kier alpha value is -3.44. The Morgan fingerprint density at radius 1 is 1.03 bits per heavy atom. The van der Waals surface area contributed by atoms with Gasteiger partial charge in [0.25, 0.3) is 0 Å². The van der Waals surface area contributed by atoms with Gasteiger partial charge in [0.1, 0.15) is 5.69 Å². The van der Waals surface area contributed by atoms with Gasteiger partial charge in [-0.15, -0.1) is 0 Å². The minimum absolute atomic E-state index is 0.188. The maximum atomic E-state index is 13.2. The van der Waals surface area contributed by atoms with E-state index in [4.69, 9.17) is 16.4 Å². The molecule has 0 aliphatic carbocycles. The summed E-state index contributed by atoms with van der Waals surface area (Å²) in [6, 6.07) is 17.9. The fraction of sp³-hybridized carbons (Fsp3) is 0.0870. The van der Waals surface area contributed by atoms with Gasteiger partial charge in [-0.25, -0.2) is 4.79 Å². The first-order valence-electron chi connectivity index (χ1n) is 9.14. The summed E-state index contributed by atoms with van der Waals surface area (Å²) in [5.74, 6) is -0.692. The summed E-state index contributed by atoms with van der Waals surface area (Å²) in [5.41, 5.74) is 3.24. The largest absolute Gasteiger partial charge is 0.336 e. The number of hydrogen-bond acceptors (Lipinski definition) is 4. The lowest BCUT2D eigenvalue weighted by Gasteiger charge is -2.10. The van der Waals surface area contributed by atoms with Crippen LogP contribution in [0, 0.1) is 0 Å². The highest BCUT2D eigenvalue weighted by Crippen LogP contribution is 2.26. The topological polar surface area (TPSA) is 61.2 Å². The van der Waals surface area contributed by atoms with Gasteiger partial charge >= 0.3 is 5.97 Å². The van der Waals surface area contributed by atoms with Crippen molar-refractivity contribution in [1.82, 2.24) is 9.71 Å². The summed E-state index contributed by atoms with van der Waals surface area (Å²) >= 11 is 6.10. The standard InChI is InChI=1S/C23H17ClN2O3/c1-2-22(27)29-26-20-13-19(24)10-9-17(20)12-21(26)23(28)16-7-5-15(6-8-16)18-4-3-11-25-14-18/h3-14H,2H2,1H3. The molecule has 0 bridgehead atoms. The molecule has 0 atom stereocenters. The van der Waals surface area contributed by atoms with Crippen LogP contribution >= 0.6 is 11.6 Å². The molecule has 0 spiro atoms. The highest BCUT2D eigenvalue weighted by atomic mass is 35.5. The molecule has 4 aromatic rings. The van der Waals surface area contributed by atoms with Crippen LogP contribution in [0.2, 0.25) is 5.02 Å². The minimum Gasteiger partial charge on any atom is -0.336 e. The molecule has 144 valence electrons. The molecule has 2 aromatic carbocycles. The van der Waals surface area contributed by atoms with Crippen molar-refractivity contribution in [2.45, 2.75) is 13.3 Å². The molecule has 2 aromatic heterocycles. The van der Waals surface area contributed by atoms with Gasteiger partial charge in [0.2, 0.25) is 5.78 Å². The van der Waals surface area contributed by atoms with E-state index in [1.165, 1.54) is 4.73 Å². The van der Waals surface area contributed by atoms with Crippen molar-refractivity contribution in [2.75, 3.05) is 0 Å². The van der Waals surface area contributed by atoms with Crippen molar-refractivity contribution < 1.29 is 14.4 Å². The van der Waals surface area contributed by atoms with E-state index in [-0.39, 0.29) is 17.9 Å². The Kier molecular flexibility index (Phi) is 5.14. The number of rotatable bonds is 5. The summed E-state index contributed by atoms with van der Waals surface area (Å²) < 4.78 is 1.27. The highest BCUT2D eigenvalue weighted by molar-refractivity contribution is 6.31. The third-order valence-electron chi connectivity index (χ3n) is 4.58. The molecule has 29 heavy (non-hydrogen) atoms. The van der Waals surface area contributed by atoms with Gasteiger partial charge in [-0.2, -0.15) is 4.73 Å². The molecule has 0 radical (unpaired) electrons. The lowest BCUT2D eigenvalue weighted by atomic mass is 10.0. The SMILES string of the molecule is CCC(=O)On1c(C(=O)c2ccc(-c3cccnc3)cc2)cc2ccc(Cl)cc21. The molecule has 5 nitrogen and oxygen atoms in total. The van der Waals surface area contributed by atoms with Crippen LogP contribution in [0.3, 0.4) is 0 Å². The third kappa shape index (κ3) is 3.77. The number of hydrogen-bond donors (Lipinski definition) is 0. The summed E-state index contributed by atoms with van der Waals surface area (Å²) in [6.45, 7) is 1.69. The molecule has 0 unspecified atom stereocenters. The monoisotopic (exact) mass is 404 g/mol. The number of fused-ring (bicyclic) bond motifs is 1. The van der Waals surface area contributed by atoms with Gasteiger partial charge in [0.15, 0.2) is 0 Å². The van der Waals surface area contributed by atoms with E-state index in [1.807, 2.05) is 24.3 Å². The van der Waals surface area contributed by atoms with Crippen molar-refractivity contribution in [1.29, 1.82) is 0 Å². The number of pyridine rings is 1. The predicted octanol–water partition coefficient (Wildman–Crippen LogP) is 4.95. The van der Waals surface area contributed by atoms with Crippen LogP contribution in [0.4, 0.5) is 0 Å². The van der Waals surface area contributed by atoms with Crippen LogP contribution in [-0.2, 0) is 4.79 Å². The molecular weight excluding hydrogens is 388 g/mol. The second-order valence-corrected chi connectivity index (χ2v) is 6.93. The average Bonchev–Trinajstić information content (AvgIpc) is 3.11. The lowest BCUT2D eigenvalue weighted by molar-refractivity contribution is -0.143. The minimum atomic E-state index is -0.441. The van der Waals surface area contributed by atoms with E-state index < -0.39 is 5.97 Å². The van der Waals surface area contributed by atoms with Crippen molar-refractivity contribution in [3.05, 3.63) is 89.3 Å². The normalized spacial score (nSPS) is 10.8. The van der Waals surface area contributed by atoms with E-state index in [1.54, 1.807) is 55.7 Å². The van der Waals surface area contributed by atoms with Gasteiger partial charge in [-0.3, -0.25) is 9.78 Å². The Morgan fingerprint density at radius 2 is 1.83 bits per heavy atom. The smallest absolute Gasteiger partial charge is 0.332 e. The lowest BCUT2D eigenvalue weighted by Crippen LogP contribution is -2.22. The van der Waals surface area contributed by atoms with Crippen LogP contribution in [0.5, 0.6) is 0 Å². The first kappa shape index (κ1) is 18.9. The van der Waals surface area contributed by atoms with Gasteiger partial charge in [-0.1, -0.05) is 54.9 Å². The van der Waals surface area contributed by atoms with Crippen molar-refractivity contribution >= 4 is 34.3 Å². The molecule has 4 rings (SSSR count). The summed E-state index contributed by atoms with van der Waals surface area (Å²) in [6.07, 6.45) is 3.67. The van der Waals surface area contributed by atoms with Gasteiger partial charge in [-0.05, 0) is 35.4 Å². The second-order valence-electron chi connectivity index (χ2n) is 6.49. The number of benzene rings is 2. The number of aromatic nitrogens is 2. The van der Waals surface area contributed by atoms with E-state index in [0.717, 1.165) is 16.5 Å². The fourth-order valence-corrected chi connectivity index (χ4v) is 3.23. The van der Waals surface area contributed by atoms with Crippen molar-refractivity contribution in [3.8, 4) is 11.1 Å². The van der Waals surface area contributed by atoms with Crippen molar-refractivity contribution in [2.24, 2.45) is 0 Å². The Labute approximate surface area is 172 Å². The number of halogens is 1. The Morgan fingerprint density at radius 3 is 2.52 bits per heavy atom. The van der Waals surface area contributed by atoms with Crippen LogP contribution in [0.1, 0.15) is 29.4 Å². The Balaban J connectivity index is 1.74. The summed E-state index contributed by atoms with van der Waals surface area (Å²) in [5, 5.41) is 1.25. The quantitative estimate of drug-likeness (QED) is 0.441. The first-order chi connectivity index (χ1) is 14.1. The number of carbonyl (C=O) groups excluding carboxylic acids is 2. The molecule has 6 heteroatoms. The number of ketones is 1. The zero-order valence-corrected chi connectivity index (χ0v) is 16.4. The van der Waals surface area contributed by atoms with Gasteiger partial charge in [0.05, 0.1) is 5.52 Å². The Bertz CT molecular complexity index is 1200. The average molecular weight is 405 g/mol. The molecule has 0 aliphatic heterocycles. The highest BCUT2D eigenvalue weighted by Gasteiger charge is 2.20. The third-order valence-corrected chi connectivity index (χ3v) is 4.81. The van der Waals surface area contributed by atoms with E-state index in [2.05, 4.69) is 4.98 Å². The summed E-state index contributed by atoms with van der Waals surface area (Å²) in [4.78, 5) is 34.7. The van der Waals surface area contributed by atoms with Crippen LogP contribution in [-0.4, -0.2) is 21.5 Å². The van der Waals surface area contributed by atoms with E-state index in [0.29, 0.717) is 16.1 Å². The second kappa shape index (κ2) is 7.89. The van der Waals surface area contributed by atoms with E-state index in [9.17, 15) is 9.59 Å². The predicted molar refractivity (Wildman–Crippen MR) is 112 cm³/mol. The van der Waals surface area contributed by atoms with Crippen molar-refractivity contribution in [3.63, 3.8) is 0 Å². The molecule has 0 aliphatic rings. The molecule has 2 heterocycles. The maximum absolute atomic E-state index is 13.2. The maximum Gasteiger partial charge on any atom is 0.332 e. The van der Waals surface area contributed by atoms with Gasteiger partial charge < -0.3 is 4.84 Å². The number of carbonyl (C=O) groups is 2. The zero-order chi connectivity index (χ0) is 20.4. The zero-order valence-electron chi connectivity index (χ0n) is 15.6.